The summed E-state index contributed by atoms with van der Waals surface area (Å²) in [7, 11) is 0. The molecule has 2 aromatic heterocycles. The lowest BCUT2D eigenvalue weighted by atomic mass is 9.82. The largest absolute Gasteiger partial charge is 0.481 e. The second-order valence-corrected chi connectivity index (χ2v) is 9.69. The monoisotopic (exact) mass is 413 g/mol. The van der Waals surface area contributed by atoms with Gasteiger partial charge in [0.2, 0.25) is 0 Å². The Bertz CT molecular complexity index is 842. The van der Waals surface area contributed by atoms with Gasteiger partial charge in [0, 0.05) is 42.3 Å². The van der Waals surface area contributed by atoms with Gasteiger partial charge in [0.1, 0.15) is 0 Å². The van der Waals surface area contributed by atoms with Crippen LogP contribution < -0.4 is 4.90 Å². The third-order valence-corrected chi connectivity index (χ3v) is 5.07. The Morgan fingerprint density at radius 2 is 1.77 bits per heavy atom. The Labute approximate surface area is 180 Å². The molecule has 0 unspecified atom stereocenters. The van der Waals surface area contributed by atoms with E-state index in [4.69, 9.17) is 5.11 Å². The molecule has 0 atom stereocenters. The van der Waals surface area contributed by atoms with Crippen molar-refractivity contribution in [3.05, 3.63) is 41.9 Å². The maximum Gasteiger partial charge on any atom is 0.307 e. The summed E-state index contributed by atoms with van der Waals surface area (Å²) < 4.78 is 0. The van der Waals surface area contributed by atoms with Gasteiger partial charge >= 0.3 is 5.97 Å². The maximum absolute atomic E-state index is 11.4. The Morgan fingerprint density at radius 1 is 1.17 bits per heavy atom. The fraction of sp³-hybridized carbons (Fsp3) is 0.542. The lowest BCUT2D eigenvalue weighted by Crippen LogP contribution is -2.38. The van der Waals surface area contributed by atoms with Crippen LogP contribution in [0.4, 0.5) is 5.69 Å². The number of anilines is 1. The third kappa shape index (κ3) is 7.10. The summed E-state index contributed by atoms with van der Waals surface area (Å²) in [6.07, 6.45) is 5.74. The third-order valence-electron chi connectivity index (χ3n) is 5.07. The molecule has 6 heteroatoms. The molecule has 0 bridgehead atoms. The fourth-order valence-electron chi connectivity index (χ4n) is 3.40. The fourth-order valence-corrected chi connectivity index (χ4v) is 3.40. The lowest BCUT2D eigenvalue weighted by Gasteiger charge is -2.40. The lowest BCUT2D eigenvalue weighted by molar-refractivity contribution is -0.136. The van der Waals surface area contributed by atoms with Gasteiger partial charge in [-0.15, -0.1) is 0 Å². The number of carboxylic acid groups (broad SMARTS) is 1. The van der Waals surface area contributed by atoms with E-state index >= 15 is 0 Å². The van der Waals surface area contributed by atoms with Gasteiger partial charge in [-0.25, -0.2) is 0 Å². The second-order valence-electron chi connectivity index (χ2n) is 9.69. The number of pyridine rings is 2. The van der Waals surface area contributed by atoms with Crippen molar-refractivity contribution in [1.82, 2.24) is 9.97 Å². The molecule has 0 spiro atoms. The van der Waals surface area contributed by atoms with Crippen molar-refractivity contribution in [2.75, 3.05) is 18.0 Å². The molecule has 30 heavy (non-hydrogen) atoms. The number of aromatic nitrogens is 2. The SMILES string of the molecule is CC(C)(C)O.Cc1ncc(-c2ccccn2)c(N2CCC(C)(C)CC2)c1CC(=O)O. The zero-order valence-electron chi connectivity index (χ0n) is 19.1. The number of aliphatic hydroxyl groups is 1. The van der Waals surface area contributed by atoms with Crippen molar-refractivity contribution in [3.63, 3.8) is 0 Å². The number of nitrogens with zero attached hydrogens (tertiary/aromatic N) is 3. The quantitative estimate of drug-likeness (QED) is 0.768. The van der Waals surface area contributed by atoms with Crippen molar-refractivity contribution in [2.45, 2.75) is 66.4 Å². The molecule has 6 nitrogen and oxygen atoms in total. The highest BCUT2D eigenvalue weighted by molar-refractivity contribution is 5.83. The number of rotatable bonds is 4. The summed E-state index contributed by atoms with van der Waals surface area (Å²) >= 11 is 0. The van der Waals surface area contributed by atoms with Crippen molar-refractivity contribution >= 4 is 11.7 Å². The molecular formula is C24H35N3O3. The first kappa shape index (κ1) is 23.8. The van der Waals surface area contributed by atoms with Gasteiger partial charge in [0.05, 0.1) is 23.4 Å². The minimum atomic E-state index is -0.832. The highest BCUT2D eigenvalue weighted by Crippen LogP contribution is 2.39. The molecule has 1 saturated heterocycles. The molecule has 2 N–H and O–H groups in total. The van der Waals surface area contributed by atoms with Crippen LogP contribution in [-0.4, -0.2) is 44.8 Å². The number of carbonyl (C=O) groups is 1. The average molecular weight is 414 g/mol. The number of hydrogen-bond acceptors (Lipinski definition) is 5. The van der Waals surface area contributed by atoms with E-state index < -0.39 is 11.6 Å². The van der Waals surface area contributed by atoms with Crippen molar-refractivity contribution in [3.8, 4) is 11.3 Å². The predicted molar refractivity (Wildman–Crippen MR) is 121 cm³/mol. The summed E-state index contributed by atoms with van der Waals surface area (Å²) in [6.45, 7) is 13.5. The summed E-state index contributed by atoms with van der Waals surface area (Å²) in [5.41, 5.74) is 4.15. The average Bonchev–Trinajstić information content (AvgIpc) is 2.63. The van der Waals surface area contributed by atoms with Crippen LogP contribution >= 0.6 is 0 Å². The maximum atomic E-state index is 11.4. The number of carboxylic acids is 1. The van der Waals surface area contributed by atoms with E-state index in [9.17, 15) is 9.90 Å². The van der Waals surface area contributed by atoms with E-state index in [1.807, 2.05) is 31.3 Å². The topological polar surface area (TPSA) is 86.6 Å². The van der Waals surface area contributed by atoms with Crippen LogP contribution in [0.1, 0.15) is 58.7 Å². The molecule has 0 aromatic carbocycles. The molecule has 1 aliphatic rings. The molecular weight excluding hydrogens is 378 g/mol. The Morgan fingerprint density at radius 3 is 2.27 bits per heavy atom. The second kappa shape index (κ2) is 9.56. The van der Waals surface area contributed by atoms with Crippen LogP contribution in [-0.2, 0) is 11.2 Å². The summed E-state index contributed by atoms with van der Waals surface area (Å²) in [4.78, 5) is 22.7. The molecule has 0 aliphatic carbocycles. The van der Waals surface area contributed by atoms with Crippen molar-refractivity contribution in [2.24, 2.45) is 5.41 Å². The van der Waals surface area contributed by atoms with Gasteiger partial charge in [0.25, 0.3) is 0 Å². The molecule has 0 amide bonds. The molecule has 164 valence electrons. The van der Waals surface area contributed by atoms with Crippen LogP contribution in [0.2, 0.25) is 0 Å². The van der Waals surface area contributed by atoms with E-state index in [2.05, 4.69) is 28.7 Å². The molecule has 2 aromatic rings. The minimum Gasteiger partial charge on any atom is -0.481 e. The van der Waals surface area contributed by atoms with Gasteiger partial charge < -0.3 is 15.1 Å². The first-order valence-electron chi connectivity index (χ1n) is 10.5. The Hall–Kier alpha value is -2.47. The molecule has 3 heterocycles. The zero-order valence-corrected chi connectivity index (χ0v) is 19.1. The van der Waals surface area contributed by atoms with Gasteiger partial charge in [-0.2, -0.15) is 0 Å². The smallest absolute Gasteiger partial charge is 0.307 e. The molecule has 3 rings (SSSR count). The summed E-state index contributed by atoms with van der Waals surface area (Å²) in [5.74, 6) is -0.832. The summed E-state index contributed by atoms with van der Waals surface area (Å²) in [6, 6.07) is 5.78. The van der Waals surface area contributed by atoms with Crippen LogP contribution in [0.5, 0.6) is 0 Å². The van der Waals surface area contributed by atoms with Gasteiger partial charge in [-0.1, -0.05) is 19.9 Å². The first-order chi connectivity index (χ1) is 13.9. The standard InChI is InChI=1S/C20H25N3O2.C4H10O/c1-14-15(12-18(24)25)19(23-10-7-20(2,3)8-11-23)16(13-22-14)17-6-4-5-9-21-17;1-4(2,3)5/h4-6,9,13H,7-8,10-12H2,1-3H3,(H,24,25);5H,1-3H3. The van der Waals surface area contributed by atoms with E-state index in [0.29, 0.717) is 5.41 Å². The highest BCUT2D eigenvalue weighted by atomic mass is 16.4. The number of piperidine rings is 1. The number of aliphatic carboxylic acids is 1. The van der Waals surface area contributed by atoms with Gasteiger partial charge in [-0.05, 0) is 58.1 Å². The normalized spacial score (nSPS) is 15.9. The highest BCUT2D eigenvalue weighted by Gasteiger charge is 2.29. The van der Waals surface area contributed by atoms with Crippen LogP contribution in [0.15, 0.2) is 30.6 Å². The Balaban J connectivity index is 0.000000575. The zero-order chi connectivity index (χ0) is 22.5. The van der Waals surface area contributed by atoms with Gasteiger partial charge in [-0.3, -0.25) is 14.8 Å². The molecule has 1 aliphatic heterocycles. The molecule has 1 fully saturated rings. The van der Waals surface area contributed by atoms with E-state index in [-0.39, 0.29) is 6.42 Å². The summed E-state index contributed by atoms with van der Waals surface area (Å²) in [5, 5.41) is 17.9. The van der Waals surface area contributed by atoms with Crippen molar-refractivity contribution < 1.29 is 15.0 Å². The van der Waals surface area contributed by atoms with E-state index in [1.54, 1.807) is 27.0 Å². The van der Waals surface area contributed by atoms with Crippen molar-refractivity contribution in [1.29, 1.82) is 0 Å². The number of aryl methyl sites for hydroxylation is 1. The molecule has 0 saturated carbocycles. The van der Waals surface area contributed by atoms with E-state index in [0.717, 1.165) is 54.1 Å². The van der Waals surface area contributed by atoms with Crippen LogP contribution in [0.25, 0.3) is 11.3 Å². The Kier molecular flexibility index (Phi) is 7.59. The van der Waals surface area contributed by atoms with E-state index in [1.165, 1.54) is 0 Å². The molecule has 0 radical (unpaired) electrons. The number of hydrogen-bond donors (Lipinski definition) is 2. The van der Waals surface area contributed by atoms with Crippen LogP contribution in [0.3, 0.4) is 0 Å². The first-order valence-corrected chi connectivity index (χ1v) is 10.5. The minimum absolute atomic E-state index is 0.0191. The van der Waals surface area contributed by atoms with Gasteiger partial charge in [0.15, 0.2) is 0 Å². The predicted octanol–water partition coefficient (Wildman–Crippen LogP) is 4.48. The van der Waals surface area contributed by atoms with Crippen LogP contribution in [0, 0.1) is 12.3 Å².